The number of hydrogen-bond donors (Lipinski definition) is 8. The summed E-state index contributed by atoms with van der Waals surface area (Å²) in [6.45, 7) is -0.466. The molecule has 26 atom stereocenters. The highest BCUT2D eigenvalue weighted by Gasteiger charge is 2.90. The number of H-pyrrole nitrogens is 1. The average molecular weight is 1310 g/mol. The predicted molar refractivity (Wildman–Crippen MR) is 361 cm³/mol. The summed E-state index contributed by atoms with van der Waals surface area (Å²) in [6, 6.07) is 22.5. The summed E-state index contributed by atoms with van der Waals surface area (Å²) >= 11 is 0. The maximum Gasteiger partial charge on any atom is 0.343 e. The minimum absolute atomic E-state index is 0.0499. The van der Waals surface area contributed by atoms with Gasteiger partial charge in [-0.1, -0.05) is 102 Å². The Hall–Kier alpha value is -3.97. The minimum atomic E-state index is -2.70. The van der Waals surface area contributed by atoms with E-state index in [9.17, 15) is 25.5 Å². The first-order valence-electron chi connectivity index (χ1n) is 36.9. The van der Waals surface area contributed by atoms with Gasteiger partial charge in [0, 0.05) is 51.5 Å². The standard InChI is InChI=1S/C79H92N2O11S2/c1-80-60-39-94-93-38-55-50-14-11-45-30-46-20-26-75(77(46,63(45)50)56-15-13-49(83)32-52(55)56)66(84)54(60)33-53-57-36-76(72(21-4-5-22-72)27-28-73(76)35-47-19-25-74(48-18-23-71(47,34-48)40-73)24-17-41-9-6-10-61(41)91-74)70(86)79(88)78(57,87)68(90-67(53)75)65(92-79)69(85)89-64-59(37-82)81-58-16-12-44-29-42-7-2-3-8-43(42)31-51(44)62(58)64/h2-3,7-8,12-13,15-17,19,24-25,29,31-32,41,45-48,50,53-55,57,60-61,63,65-68,70,80-84,86-88H,4-6,9-11,14,18,20-23,26-28,30,33-40H2,1H3/t41-,45+,46+,47+,48-,50+,53+,54+,55+,57+,60-,61+,63+,65-,66+,67+,68+,70-,71+,73+,74+,75-,76-,77-,78-,79+/m1/s1. The van der Waals surface area contributed by atoms with Gasteiger partial charge in [0.15, 0.2) is 17.5 Å². The van der Waals surface area contributed by atoms with E-state index in [0.717, 1.165) is 136 Å². The van der Waals surface area contributed by atoms with Crippen molar-refractivity contribution in [2.45, 2.75) is 212 Å². The van der Waals surface area contributed by atoms with Crippen LogP contribution >= 0.6 is 21.6 Å². The van der Waals surface area contributed by atoms with Crippen molar-refractivity contribution in [1.82, 2.24) is 10.3 Å². The fourth-order valence-electron chi connectivity index (χ4n) is 29.1. The second-order valence-corrected chi connectivity index (χ2v) is 36.8. The predicted octanol–water partition coefficient (Wildman–Crippen LogP) is 12.6. The largest absolute Gasteiger partial charge is 0.508 e. The van der Waals surface area contributed by atoms with Crippen LogP contribution in [-0.4, -0.2) is 120 Å². The van der Waals surface area contributed by atoms with Crippen molar-refractivity contribution in [3.05, 3.63) is 108 Å². The molecule has 4 aromatic carbocycles. The third kappa shape index (κ3) is 6.85. The van der Waals surface area contributed by atoms with Gasteiger partial charge in [-0.15, -0.1) is 0 Å². The van der Waals surface area contributed by atoms with Crippen LogP contribution in [0.5, 0.6) is 11.5 Å². The molecule has 0 unspecified atom stereocenters. The van der Waals surface area contributed by atoms with Crippen molar-refractivity contribution in [2.75, 3.05) is 18.6 Å². The molecule has 13 nitrogen and oxygen atoms in total. The number of carbonyl (C=O) groups excluding carboxylic acids is 1. The number of aliphatic hydroxyl groups is 5. The van der Waals surface area contributed by atoms with E-state index >= 15 is 9.90 Å². The Balaban J connectivity index is 0.775. The van der Waals surface area contributed by atoms with Crippen molar-refractivity contribution in [2.24, 2.45) is 86.3 Å². The van der Waals surface area contributed by atoms with E-state index in [0.29, 0.717) is 59.5 Å². The number of allylic oxidation sites excluding steroid dienone is 1. The summed E-state index contributed by atoms with van der Waals surface area (Å²) in [5.41, 5.74) is -2.68. The van der Waals surface area contributed by atoms with Gasteiger partial charge >= 0.3 is 5.97 Å². The highest BCUT2D eigenvalue weighted by Crippen LogP contribution is 2.86. The third-order valence-corrected chi connectivity index (χ3v) is 34.6. The Bertz CT molecular complexity index is 4110. The SMILES string of the molecule is CN[C@@H]1CSSC[C@@H]2c3cc(O)ccc3[C@@]34[C@@H](CC[C@]35[C@@H](O)[C@H]1C[C@H]1[C@@H]3C[C@@]6([C@@H](O)[C@]7(O)O[C@@H](C(=O)Oc8c(CO)[nH]c9ccc%10cc%11ccccc%11cc%10c89)[C@H](O[C@@H]15)[C@]37O)C1(CCCC1)CC[C@@]61C[C@@H]3C=C[C@@]5(C=C[C@H]6CCC[C@@H]6O5)[C@@H]5CC[C@]3(C5)C1)C[C@@H]1CC[C@@H]2[C@H]14. The van der Waals surface area contributed by atoms with E-state index in [1.54, 1.807) is 0 Å². The highest BCUT2D eigenvalue weighted by atomic mass is 33.1. The Morgan fingerprint density at radius 1 is 0.766 bits per heavy atom. The van der Waals surface area contributed by atoms with Crippen molar-refractivity contribution in [1.29, 1.82) is 0 Å². The molecule has 6 bridgehead atoms. The number of nitrogens with one attached hydrogen (secondary N) is 2. The van der Waals surface area contributed by atoms with E-state index in [2.05, 4.69) is 78.1 Å². The summed E-state index contributed by atoms with van der Waals surface area (Å²) in [7, 11) is 5.88. The number of esters is 1. The lowest BCUT2D eigenvalue weighted by Gasteiger charge is -2.72. The van der Waals surface area contributed by atoms with Gasteiger partial charge in [-0.05, 0) is 249 Å². The molecule has 22 rings (SSSR count). The first kappa shape index (κ1) is 58.9. The fraction of sp³-hybridized carbons (Fsp3) is 0.658. The number of phenolic OH excluding ortho intramolecular Hbond substituents is 1. The van der Waals surface area contributed by atoms with Crippen LogP contribution in [-0.2, 0) is 31.0 Å². The molecule has 94 heavy (non-hydrogen) atoms. The Morgan fingerprint density at radius 3 is 2.44 bits per heavy atom. The number of aromatic nitrogens is 1. The molecule has 8 N–H and O–H groups in total. The van der Waals surface area contributed by atoms with Gasteiger partial charge in [-0.3, -0.25) is 0 Å². The summed E-state index contributed by atoms with van der Waals surface area (Å²) in [6.07, 6.45) is 23.7. The Kier molecular flexibility index (Phi) is 12.4. The molecule has 10 saturated carbocycles. The van der Waals surface area contributed by atoms with Crippen LogP contribution in [0.2, 0.25) is 0 Å². The molecule has 5 aliphatic heterocycles. The van der Waals surface area contributed by atoms with E-state index in [4.69, 9.17) is 18.9 Å². The molecule has 496 valence electrons. The number of carbonyl (C=O) groups is 1. The molecular formula is C79H92N2O11S2. The van der Waals surface area contributed by atoms with Gasteiger partial charge < -0.3 is 59.9 Å². The van der Waals surface area contributed by atoms with Crippen molar-refractivity contribution in [3.63, 3.8) is 0 Å². The molecule has 7 spiro atoms. The van der Waals surface area contributed by atoms with E-state index in [1.807, 2.05) is 51.9 Å². The van der Waals surface area contributed by atoms with E-state index in [-0.39, 0.29) is 58.6 Å². The molecule has 0 radical (unpaired) electrons. The van der Waals surface area contributed by atoms with Gasteiger partial charge in [-0.25, -0.2) is 4.79 Å². The molecule has 13 fully saturated rings. The molecular weight excluding hydrogens is 1220 g/mol. The number of benzene rings is 4. The van der Waals surface area contributed by atoms with Gasteiger partial charge in [0.2, 0.25) is 5.79 Å². The zero-order valence-electron chi connectivity index (χ0n) is 54.1. The second kappa shape index (κ2) is 19.7. The molecule has 12 aliphatic carbocycles. The molecule has 6 heterocycles. The van der Waals surface area contributed by atoms with E-state index < -0.39 is 99.0 Å². The number of aliphatic hydroxyl groups excluding tert-OH is 3. The van der Waals surface area contributed by atoms with E-state index in [1.165, 1.54) is 24.0 Å². The lowest BCUT2D eigenvalue weighted by atomic mass is 9.37. The van der Waals surface area contributed by atoms with Crippen LogP contribution in [0.1, 0.15) is 158 Å². The number of hydrogen-bond acceptors (Lipinski definition) is 14. The van der Waals surface area contributed by atoms with Crippen LogP contribution in [0.25, 0.3) is 32.4 Å². The van der Waals surface area contributed by atoms with Crippen LogP contribution in [0.15, 0.2) is 91.0 Å². The molecule has 1 aromatic heterocycles. The van der Waals surface area contributed by atoms with Crippen LogP contribution in [0.3, 0.4) is 0 Å². The maximum atomic E-state index is 16.5. The Labute approximate surface area is 558 Å². The number of fused-ring (bicyclic) bond motifs is 15. The highest BCUT2D eigenvalue weighted by molar-refractivity contribution is 8.76. The van der Waals surface area contributed by atoms with Gasteiger partial charge in [0.05, 0.1) is 41.5 Å². The molecule has 5 aromatic rings. The van der Waals surface area contributed by atoms with Gasteiger partial charge in [0.1, 0.15) is 23.6 Å². The van der Waals surface area contributed by atoms with Crippen molar-refractivity contribution >= 4 is 60.0 Å². The van der Waals surface area contributed by atoms with Crippen molar-refractivity contribution in [3.8, 4) is 11.5 Å². The monoisotopic (exact) mass is 1310 g/mol. The summed E-state index contributed by atoms with van der Waals surface area (Å²) < 4.78 is 29.8. The number of rotatable bonds is 4. The maximum absolute atomic E-state index is 16.5. The number of phenols is 1. The van der Waals surface area contributed by atoms with Gasteiger partial charge in [0.25, 0.3) is 0 Å². The molecule has 3 saturated heterocycles. The molecule has 17 aliphatic rings. The first-order chi connectivity index (χ1) is 45.6. The lowest BCUT2D eigenvalue weighted by Crippen LogP contribution is -2.82. The van der Waals surface area contributed by atoms with Crippen LogP contribution < -0.4 is 10.1 Å². The summed E-state index contributed by atoms with van der Waals surface area (Å²) in [4.78, 5) is 19.9. The van der Waals surface area contributed by atoms with Crippen LogP contribution in [0.4, 0.5) is 0 Å². The van der Waals surface area contributed by atoms with Crippen molar-refractivity contribution < 1.29 is 54.4 Å². The topological polar surface area (TPSA) is 203 Å². The number of aromatic amines is 1. The average Bonchev–Trinajstić information content (AvgIpc) is 1.44. The minimum Gasteiger partial charge on any atom is -0.508 e. The van der Waals surface area contributed by atoms with Crippen LogP contribution in [0, 0.1) is 86.3 Å². The lowest BCUT2D eigenvalue weighted by molar-refractivity contribution is -0.409. The first-order valence-corrected chi connectivity index (χ1v) is 39.4. The number of ether oxygens (including phenoxy) is 4. The second-order valence-electron chi connectivity index (χ2n) is 34.3. The molecule has 15 heteroatoms. The quantitative estimate of drug-likeness (QED) is 0.0365. The summed E-state index contributed by atoms with van der Waals surface area (Å²) in [5, 5.41) is 90.8. The van der Waals surface area contributed by atoms with Gasteiger partial charge in [-0.2, -0.15) is 0 Å². The number of aromatic hydroxyl groups is 1. The zero-order valence-corrected chi connectivity index (χ0v) is 55.7. The smallest absolute Gasteiger partial charge is 0.343 e. The zero-order chi connectivity index (χ0) is 63.1. The summed E-state index contributed by atoms with van der Waals surface area (Å²) in [5.74, 6) is -0.429. The normalized spacial score (nSPS) is 49.8. The third-order valence-electron chi connectivity index (χ3n) is 32.1. The fourth-order valence-corrected chi connectivity index (χ4v) is 31.9. The molecule has 0 amide bonds. The Morgan fingerprint density at radius 2 is 1.59 bits per heavy atom.